The molecule has 2 heterocycles. The van der Waals surface area contributed by atoms with Gasteiger partial charge in [0, 0.05) is 11.9 Å². The van der Waals surface area contributed by atoms with Crippen molar-refractivity contribution in [1.29, 1.82) is 0 Å². The van der Waals surface area contributed by atoms with Gasteiger partial charge in [-0.2, -0.15) is 5.10 Å². The van der Waals surface area contributed by atoms with E-state index in [0.29, 0.717) is 6.04 Å². The number of halogens is 1. The molecule has 1 saturated heterocycles. The second kappa shape index (κ2) is 5.10. The molecule has 1 aliphatic rings. The Morgan fingerprint density at radius 1 is 1.62 bits per heavy atom. The van der Waals surface area contributed by atoms with E-state index >= 15 is 0 Å². The second-order valence-electron chi connectivity index (χ2n) is 4.20. The van der Waals surface area contributed by atoms with Gasteiger partial charge < -0.3 is 9.64 Å². The van der Waals surface area contributed by atoms with Gasteiger partial charge in [0.15, 0.2) is 5.82 Å². The lowest BCUT2D eigenvalue weighted by molar-refractivity contribution is 0.0376. The van der Waals surface area contributed by atoms with Crippen LogP contribution in [0, 0.1) is 6.92 Å². The fourth-order valence-corrected chi connectivity index (χ4v) is 2.21. The van der Waals surface area contributed by atoms with Gasteiger partial charge in [0.1, 0.15) is 0 Å². The van der Waals surface area contributed by atoms with Crippen molar-refractivity contribution >= 4 is 21.7 Å². The van der Waals surface area contributed by atoms with Crippen molar-refractivity contribution in [3.8, 4) is 0 Å². The molecule has 1 aromatic rings. The van der Waals surface area contributed by atoms with Crippen LogP contribution in [0.1, 0.15) is 12.5 Å². The third kappa shape index (κ3) is 2.52. The molecule has 4 nitrogen and oxygen atoms in total. The molecule has 1 aromatic heterocycles. The first-order chi connectivity index (χ1) is 7.70. The van der Waals surface area contributed by atoms with Crippen molar-refractivity contribution < 1.29 is 4.74 Å². The summed E-state index contributed by atoms with van der Waals surface area (Å²) in [4.78, 5) is 2.26. The summed E-state index contributed by atoms with van der Waals surface area (Å²) in [5.41, 5.74) is 1.14. The predicted octanol–water partition coefficient (Wildman–Crippen LogP) is 1.77. The Kier molecular flexibility index (Phi) is 3.76. The molecular weight excluding hydrogens is 270 g/mol. The van der Waals surface area contributed by atoms with Crippen molar-refractivity contribution in [2.45, 2.75) is 26.0 Å². The van der Waals surface area contributed by atoms with E-state index in [1.54, 1.807) is 6.20 Å². The zero-order chi connectivity index (χ0) is 11.5. The molecule has 0 radical (unpaired) electrons. The Hall–Kier alpha value is -0.680. The molecule has 1 fully saturated rings. The van der Waals surface area contributed by atoms with Gasteiger partial charge in [-0.1, -0.05) is 15.9 Å². The number of aromatic nitrogens is 2. The van der Waals surface area contributed by atoms with Crippen molar-refractivity contribution in [2.24, 2.45) is 0 Å². The number of hydrogen-bond acceptors (Lipinski definition) is 4. The Labute approximate surface area is 104 Å². The van der Waals surface area contributed by atoms with E-state index in [0.717, 1.165) is 29.9 Å². The summed E-state index contributed by atoms with van der Waals surface area (Å²) >= 11 is 3.46. The van der Waals surface area contributed by atoms with E-state index in [4.69, 9.17) is 4.74 Å². The van der Waals surface area contributed by atoms with E-state index < -0.39 is 0 Å². The summed E-state index contributed by atoms with van der Waals surface area (Å²) in [6, 6.07) is 2.42. The van der Waals surface area contributed by atoms with Gasteiger partial charge >= 0.3 is 0 Å². The van der Waals surface area contributed by atoms with Crippen LogP contribution in [0.5, 0.6) is 0 Å². The van der Waals surface area contributed by atoms with Crippen LogP contribution in [0.3, 0.4) is 0 Å². The lowest BCUT2D eigenvalue weighted by atomic mass is 10.2. The minimum absolute atomic E-state index is 0.235. The summed E-state index contributed by atoms with van der Waals surface area (Å²) < 4.78 is 5.68. The SMILES string of the molecule is Cc1cnnc(N2CC(CBr)OCC2C)c1. The van der Waals surface area contributed by atoms with Crippen LogP contribution >= 0.6 is 15.9 Å². The smallest absolute Gasteiger partial charge is 0.151 e. The molecule has 0 saturated carbocycles. The molecule has 88 valence electrons. The number of hydrogen-bond donors (Lipinski definition) is 0. The number of ether oxygens (including phenoxy) is 1. The maximum atomic E-state index is 5.68. The minimum atomic E-state index is 0.235. The van der Waals surface area contributed by atoms with E-state index in [1.807, 2.05) is 6.92 Å². The van der Waals surface area contributed by atoms with E-state index in [-0.39, 0.29) is 6.10 Å². The van der Waals surface area contributed by atoms with Gasteiger partial charge in [-0.05, 0) is 25.5 Å². The average Bonchev–Trinajstić information content (AvgIpc) is 2.30. The highest BCUT2D eigenvalue weighted by molar-refractivity contribution is 9.09. The molecule has 16 heavy (non-hydrogen) atoms. The first-order valence-electron chi connectivity index (χ1n) is 5.44. The summed E-state index contributed by atoms with van der Waals surface area (Å²) in [7, 11) is 0. The first-order valence-corrected chi connectivity index (χ1v) is 6.56. The molecule has 0 spiro atoms. The van der Waals surface area contributed by atoms with Gasteiger partial charge in [0.05, 0.1) is 24.9 Å². The van der Waals surface area contributed by atoms with E-state index in [1.165, 1.54) is 0 Å². The zero-order valence-electron chi connectivity index (χ0n) is 9.56. The molecule has 0 aromatic carbocycles. The Morgan fingerprint density at radius 2 is 2.44 bits per heavy atom. The van der Waals surface area contributed by atoms with E-state index in [2.05, 4.69) is 44.0 Å². The van der Waals surface area contributed by atoms with Crippen molar-refractivity contribution in [3.63, 3.8) is 0 Å². The fraction of sp³-hybridized carbons (Fsp3) is 0.636. The highest BCUT2D eigenvalue weighted by Crippen LogP contribution is 2.20. The predicted molar refractivity (Wildman–Crippen MR) is 67.1 cm³/mol. The van der Waals surface area contributed by atoms with Crippen LogP contribution < -0.4 is 4.90 Å². The zero-order valence-corrected chi connectivity index (χ0v) is 11.1. The maximum Gasteiger partial charge on any atom is 0.151 e. The minimum Gasteiger partial charge on any atom is -0.373 e. The molecule has 2 unspecified atom stereocenters. The Morgan fingerprint density at radius 3 is 3.12 bits per heavy atom. The molecule has 5 heteroatoms. The molecule has 0 N–H and O–H groups in total. The lowest BCUT2D eigenvalue weighted by Gasteiger charge is -2.38. The van der Waals surface area contributed by atoms with Crippen LogP contribution in [-0.2, 0) is 4.74 Å². The summed E-state index contributed by atoms with van der Waals surface area (Å²) in [6.45, 7) is 5.79. The number of aryl methyl sites for hydroxylation is 1. The third-order valence-corrected chi connectivity index (χ3v) is 3.47. The molecule has 2 atom stereocenters. The van der Waals surface area contributed by atoms with Crippen LogP contribution in [-0.4, -0.2) is 40.8 Å². The molecule has 1 aliphatic heterocycles. The largest absolute Gasteiger partial charge is 0.373 e. The highest BCUT2D eigenvalue weighted by atomic mass is 79.9. The maximum absolute atomic E-state index is 5.68. The number of nitrogens with zero attached hydrogens (tertiary/aromatic N) is 3. The van der Waals surface area contributed by atoms with Gasteiger partial charge in [0.2, 0.25) is 0 Å². The molecule has 0 amide bonds. The topological polar surface area (TPSA) is 38.2 Å². The summed E-state index contributed by atoms with van der Waals surface area (Å²) in [6.07, 6.45) is 2.01. The highest BCUT2D eigenvalue weighted by Gasteiger charge is 2.26. The van der Waals surface area contributed by atoms with Crippen molar-refractivity contribution in [3.05, 3.63) is 17.8 Å². The molecule has 2 rings (SSSR count). The van der Waals surface area contributed by atoms with Crippen LogP contribution in [0.2, 0.25) is 0 Å². The molecular formula is C11H16BrN3O. The Balaban J connectivity index is 2.17. The molecule has 0 bridgehead atoms. The van der Waals surface area contributed by atoms with Crippen LogP contribution in [0.15, 0.2) is 12.3 Å². The summed E-state index contributed by atoms with van der Waals surface area (Å²) in [5, 5.41) is 9.04. The number of alkyl halides is 1. The standard InChI is InChI=1S/C11H16BrN3O/c1-8-3-11(14-13-5-8)15-6-10(4-12)16-7-9(15)2/h3,5,9-10H,4,6-7H2,1-2H3. The quantitative estimate of drug-likeness (QED) is 0.777. The van der Waals surface area contributed by atoms with Gasteiger partial charge in [-0.25, -0.2) is 0 Å². The average molecular weight is 286 g/mol. The van der Waals surface area contributed by atoms with Gasteiger partial charge in [-0.3, -0.25) is 0 Å². The van der Waals surface area contributed by atoms with Crippen LogP contribution in [0.4, 0.5) is 5.82 Å². The monoisotopic (exact) mass is 285 g/mol. The number of morpholine rings is 1. The normalized spacial score (nSPS) is 25.8. The van der Waals surface area contributed by atoms with Gasteiger partial charge in [-0.15, -0.1) is 5.10 Å². The van der Waals surface area contributed by atoms with Crippen molar-refractivity contribution in [2.75, 3.05) is 23.4 Å². The first kappa shape index (κ1) is 11.8. The Bertz CT molecular complexity index is 361. The molecule has 0 aliphatic carbocycles. The van der Waals surface area contributed by atoms with Crippen molar-refractivity contribution in [1.82, 2.24) is 10.2 Å². The van der Waals surface area contributed by atoms with Gasteiger partial charge in [0.25, 0.3) is 0 Å². The third-order valence-electron chi connectivity index (χ3n) is 2.75. The lowest BCUT2D eigenvalue weighted by Crippen LogP contribution is -2.49. The number of anilines is 1. The number of rotatable bonds is 2. The summed E-state index contributed by atoms with van der Waals surface area (Å²) in [5.74, 6) is 0.946. The van der Waals surface area contributed by atoms with E-state index in [9.17, 15) is 0 Å². The van der Waals surface area contributed by atoms with Crippen LogP contribution in [0.25, 0.3) is 0 Å². The second-order valence-corrected chi connectivity index (χ2v) is 4.85. The fourth-order valence-electron chi connectivity index (χ4n) is 1.82.